The third-order valence-corrected chi connectivity index (χ3v) is 4.36. The van der Waals surface area contributed by atoms with E-state index in [2.05, 4.69) is 10.6 Å². The van der Waals surface area contributed by atoms with Crippen LogP contribution < -0.4 is 10.6 Å². The van der Waals surface area contributed by atoms with Crippen LogP contribution in [0, 0.1) is 0 Å². The fourth-order valence-corrected chi connectivity index (χ4v) is 2.84. The minimum absolute atomic E-state index is 0.130. The Kier molecular flexibility index (Phi) is 13.7. The monoisotopic (exact) mass is 438 g/mol. The normalized spacial score (nSPS) is 26.4. The van der Waals surface area contributed by atoms with Crippen molar-refractivity contribution in [3.63, 3.8) is 0 Å². The van der Waals surface area contributed by atoms with Gasteiger partial charge in [0, 0.05) is 26.5 Å². The Morgan fingerprint density at radius 1 is 1.00 bits per heavy atom. The van der Waals surface area contributed by atoms with Crippen LogP contribution in [-0.4, -0.2) is 109 Å². The summed E-state index contributed by atoms with van der Waals surface area (Å²) in [6, 6.07) is -0.980. The molecule has 2 amide bonds. The van der Waals surface area contributed by atoms with Gasteiger partial charge in [0.15, 0.2) is 6.29 Å². The molecule has 1 aliphatic rings. The number of rotatable bonds is 15. The highest BCUT2D eigenvalue weighted by Crippen LogP contribution is 2.22. The zero-order chi connectivity index (χ0) is 22.4. The van der Waals surface area contributed by atoms with Gasteiger partial charge in [-0.05, 0) is 12.8 Å². The van der Waals surface area contributed by atoms with Crippen molar-refractivity contribution in [3.8, 4) is 0 Å². The first-order chi connectivity index (χ1) is 14.4. The van der Waals surface area contributed by atoms with Crippen LogP contribution >= 0.6 is 0 Å². The number of hydrogen-bond acceptors (Lipinski definition) is 10. The van der Waals surface area contributed by atoms with E-state index < -0.39 is 43.2 Å². The van der Waals surface area contributed by atoms with Gasteiger partial charge in [0.2, 0.25) is 11.8 Å². The molecule has 6 N–H and O–H groups in total. The SMILES string of the molecule is CC(=O)N[C@H]1[C@H](OCCCCC(=O)NCCOCCOCO)O[C@H](CO)[C@H](O)[C@@H]1O. The van der Waals surface area contributed by atoms with Gasteiger partial charge in [0.25, 0.3) is 0 Å². The molecule has 0 spiro atoms. The molecule has 0 radical (unpaired) electrons. The lowest BCUT2D eigenvalue weighted by molar-refractivity contribution is -0.270. The van der Waals surface area contributed by atoms with Crippen LogP contribution in [0.2, 0.25) is 0 Å². The smallest absolute Gasteiger partial charge is 0.220 e. The highest BCUT2D eigenvalue weighted by molar-refractivity contribution is 5.75. The van der Waals surface area contributed by atoms with E-state index in [1.54, 1.807) is 0 Å². The van der Waals surface area contributed by atoms with Crippen molar-refractivity contribution in [2.45, 2.75) is 56.8 Å². The molecule has 1 rings (SSSR count). The number of aliphatic hydroxyl groups excluding tert-OH is 4. The molecule has 12 nitrogen and oxygen atoms in total. The molecular formula is C18H34N2O10. The van der Waals surface area contributed by atoms with E-state index in [0.717, 1.165) is 0 Å². The quantitative estimate of drug-likeness (QED) is 0.116. The number of hydrogen-bond donors (Lipinski definition) is 6. The molecule has 0 aliphatic carbocycles. The Bertz CT molecular complexity index is 496. The van der Waals surface area contributed by atoms with Gasteiger partial charge in [-0.3, -0.25) is 9.59 Å². The maximum Gasteiger partial charge on any atom is 0.220 e. The zero-order valence-corrected chi connectivity index (χ0v) is 17.2. The summed E-state index contributed by atoms with van der Waals surface area (Å²) in [5.41, 5.74) is 0. The topological polar surface area (TPSA) is 176 Å². The van der Waals surface area contributed by atoms with Crippen LogP contribution in [0.3, 0.4) is 0 Å². The summed E-state index contributed by atoms with van der Waals surface area (Å²) in [5, 5.41) is 43.0. The van der Waals surface area contributed by atoms with Crippen LogP contribution in [0.1, 0.15) is 26.2 Å². The predicted octanol–water partition coefficient (Wildman–Crippen LogP) is -2.78. The van der Waals surface area contributed by atoms with Gasteiger partial charge in [-0.1, -0.05) is 0 Å². The third-order valence-electron chi connectivity index (χ3n) is 4.36. The lowest BCUT2D eigenvalue weighted by atomic mass is 9.97. The largest absolute Gasteiger partial charge is 0.394 e. The van der Waals surface area contributed by atoms with E-state index in [-0.39, 0.29) is 32.3 Å². The summed E-state index contributed by atoms with van der Waals surface area (Å²) in [6.45, 7) is 1.92. The number of amides is 2. The Morgan fingerprint density at radius 2 is 1.73 bits per heavy atom. The minimum Gasteiger partial charge on any atom is -0.394 e. The van der Waals surface area contributed by atoms with E-state index in [9.17, 15) is 24.9 Å². The van der Waals surface area contributed by atoms with Gasteiger partial charge >= 0.3 is 0 Å². The number of carbonyl (C=O) groups excluding carboxylic acids is 2. The van der Waals surface area contributed by atoms with E-state index >= 15 is 0 Å². The van der Waals surface area contributed by atoms with E-state index in [4.69, 9.17) is 24.1 Å². The Balaban J connectivity index is 2.22. The minimum atomic E-state index is -1.36. The molecule has 0 aromatic heterocycles. The molecule has 1 aliphatic heterocycles. The molecule has 5 atom stereocenters. The van der Waals surface area contributed by atoms with Gasteiger partial charge in [-0.15, -0.1) is 0 Å². The fourth-order valence-electron chi connectivity index (χ4n) is 2.84. The van der Waals surface area contributed by atoms with E-state index in [1.807, 2.05) is 0 Å². The lowest BCUT2D eigenvalue weighted by Gasteiger charge is -2.42. The molecule has 0 aromatic carbocycles. The first-order valence-corrected chi connectivity index (χ1v) is 9.94. The van der Waals surface area contributed by atoms with Crippen LogP contribution in [-0.2, 0) is 28.5 Å². The van der Waals surface area contributed by atoms with E-state index in [1.165, 1.54) is 6.92 Å². The molecule has 176 valence electrons. The van der Waals surface area contributed by atoms with E-state index in [0.29, 0.717) is 32.6 Å². The summed E-state index contributed by atoms with van der Waals surface area (Å²) in [4.78, 5) is 23.1. The predicted molar refractivity (Wildman–Crippen MR) is 102 cm³/mol. The molecule has 1 fully saturated rings. The maximum absolute atomic E-state index is 11.8. The highest BCUT2D eigenvalue weighted by atomic mass is 16.7. The molecule has 0 bridgehead atoms. The van der Waals surface area contributed by atoms with Crippen molar-refractivity contribution in [3.05, 3.63) is 0 Å². The molecule has 12 heteroatoms. The van der Waals surface area contributed by atoms with Gasteiger partial charge in [-0.25, -0.2) is 0 Å². The van der Waals surface area contributed by atoms with Crippen molar-refractivity contribution in [1.29, 1.82) is 0 Å². The molecule has 30 heavy (non-hydrogen) atoms. The molecule has 0 saturated carbocycles. The van der Waals surface area contributed by atoms with Crippen molar-refractivity contribution in [2.24, 2.45) is 0 Å². The average molecular weight is 438 g/mol. The van der Waals surface area contributed by atoms with Crippen molar-refractivity contribution in [1.82, 2.24) is 10.6 Å². The number of aliphatic hydroxyl groups is 4. The maximum atomic E-state index is 11.8. The van der Waals surface area contributed by atoms with Crippen molar-refractivity contribution in [2.75, 3.05) is 46.4 Å². The fraction of sp³-hybridized carbons (Fsp3) is 0.889. The Hall–Kier alpha value is -1.38. The molecule has 0 unspecified atom stereocenters. The first-order valence-electron chi connectivity index (χ1n) is 9.94. The average Bonchev–Trinajstić information content (AvgIpc) is 2.71. The Labute approximate surface area is 175 Å². The van der Waals surface area contributed by atoms with Gasteiger partial charge in [0.05, 0.1) is 26.4 Å². The molecule has 1 saturated heterocycles. The van der Waals surface area contributed by atoms with Gasteiger partial charge in [0.1, 0.15) is 31.1 Å². The van der Waals surface area contributed by atoms with Gasteiger partial charge < -0.3 is 50.0 Å². The number of unbranched alkanes of at least 4 members (excludes halogenated alkanes) is 1. The second-order valence-corrected chi connectivity index (χ2v) is 6.76. The summed E-state index contributed by atoms with van der Waals surface area (Å²) in [6.07, 6.45) is -3.42. The van der Waals surface area contributed by atoms with Gasteiger partial charge in [-0.2, -0.15) is 0 Å². The lowest BCUT2D eigenvalue weighted by Crippen LogP contribution is -2.64. The summed E-state index contributed by atoms with van der Waals surface area (Å²) >= 11 is 0. The van der Waals surface area contributed by atoms with Crippen molar-refractivity contribution < 1.29 is 49.0 Å². The molecule has 0 aromatic rings. The summed E-state index contributed by atoms with van der Waals surface area (Å²) in [5.74, 6) is -0.554. The highest BCUT2D eigenvalue weighted by Gasteiger charge is 2.45. The zero-order valence-electron chi connectivity index (χ0n) is 17.2. The summed E-state index contributed by atoms with van der Waals surface area (Å²) in [7, 11) is 0. The first kappa shape index (κ1) is 26.7. The number of nitrogens with one attached hydrogen (secondary N) is 2. The second kappa shape index (κ2) is 15.4. The molecular weight excluding hydrogens is 404 g/mol. The standard InChI is InChI=1S/C18H34N2O10/c1-12(23)20-15-17(26)16(25)13(10-21)30-18(15)29-6-3-2-4-14(24)19-5-7-27-8-9-28-11-22/h13,15-18,21-22,25-26H,2-11H2,1H3,(H,19,24)(H,20,23)/t13-,15-,16+,17-,18-/m1/s1. The number of carbonyl (C=O) groups is 2. The molecule has 1 heterocycles. The summed E-state index contributed by atoms with van der Waals surface area (Å²) < 4.78 is 20.9. The van der Waals surface area contributed by atoms with Crippen molar-refractivity contribution >= 4 is 11.8 Å². The van der Waals surface area contributed by atoms with Crippen LogP contribution in [0.15, 0.2) is 0 Å². The van der Waals surface area contributed by atoms with Crippen LogP contribution in [0.4, 0.5) is 0 Å². The third kappa shape index (κ3) is 10.1. The van der Waals surface area contributed by atoms with Crippen LogP contribution in [0.5, 0.6) is 0 Å². The second-order valence-electron chi connectivity index (χ2n) is 6.76. The number of ether oxygens (including phenoxy) is 4. The Morgan fingerprint density at radius 3 is 2.40 bits per heavy atom. The van der Waals surface area contributed by atoms with Crippen LogP contribution in [0.25, 0.3) is 0 Å².